The summed E-state index contributed by atoms with van der Waals surface area (Å²) in [4.78, 5) is 38.3. The number of rotatable bonds is 4. The minimum absolute atomic E-state index is 0.0186. The van der Waals surface area contributed by atoms with Crippen LogP contribution in [0.15, 0.2) is 0 Å². The quantitative estimate of drug-likeness (QED) is 0.676. The van der Waals surface area contributed by atoms with Gasteiger partial charge in [-0.3, -0.25) is 19.3 Å². The highest BCUT2D eigenvalue weighted by Crippen LogP contribution is 2.03. The summed E-state index contributed by atoms with van der Waals surface area (Å²) in [5, 5.41) is 8.59. The van der Waals surface area contributed by atoms with E-state index in [-0.39, 0.29) is 24.9 Å². The Kier molecular flexibility index (Phi) is 5.08. The molecule has 1 N–H and O–H groups in total. The molecule has 1 aliphatic rings. The third-order valence-corrected chi connectivity index (χ3v) is 2.89. The molecule has 102 valence electrons. The number of carboxylic acid groups (broad SMARTS) is 1. The fourth-order valence-corrected chi connectivity index (χ4v) is 1.89. The predicted octanol–water partition coefficient (Wildman–Crippen LogP) is -1.31. The molecule has 0 atom stereocenters. The van der Waals surface area contributed by atoms with Crippen LogP contribution in [0.3, 0.4) is 0 Å². The van der Waals surface area contributed by atoms with Gasteiger partial charge >= 0.3 is 5.97 Å². The van der Waals surface area contributed by atoms with Gasteiger partial charge in [0.05, 0.1) is 13.1 Å². The SMILES string of the molecule is CC(=O)N1CCN(C(=O)CN(C)CC(=O)O)CC1. The average molecular weight is 257 g/mol. The summed E-state index contributed by atoms with van der Waals surface area (Å²) < 4.78 is 0. The van der Waals surface area contributed by atoms with Crippen molar-refractivity contribution in [1.29, 1.82) is 0 Å². The van der Waals surface area contributed by atoms with Crippen molar-refractivity contribution in [2.45, 2.75) is 6.92 Å². The van der Waals surface area contributed by atoms with Crippen molar-refractivity contribution in [3.05, 3.63) is 0 Å². The standard InChI is InChI=1S/C11H19N3O4/c1-9(15)13-3-5-14(6-4-13)10(16)7-12(2)8-11(17)18/h3-8H2,1-2H3,(H,17,18). The number of carbonyl (C=O) groups is 3. The van der Waals surface area contributed by atoms with E-state index in [1.54, 1.807) is 16.8 Å². The first-order valence-electron chi connectivity index (χ1n) is 5.83. The molecule has 0 aromatic rings. The molecule has 1 saturated heterocycles. The van der Waals surface area contributed by atoms with Crippen LogP contribution in [0.1, 0.15) is 6.92 Å². The molecule has 0 bridgehead atoms. The second-order valence-electron chi connectivity index (χ2n) is 4.45. The molecule has 1 heterocycles. The van der Waals surface area contributed by atoms with Gasteiger partial charge in [-0.15, -0.1) is 0 Å². The zero-order valence-corrected chi connectivity index (χ0v) is 10.8. The van der Waals surface area contributed by atoms with Crippen molar-refractivity contribution >= 4 is 17.8 Å². The van der Waals surface area contributed by atoms with Crippen molar-refractivity contribution in [2.24, 2.45) is 0 Å². The number of nitrogens with zero attached hydrogens (tertiary/aromatic N) is 3. The van der Waals surface area contributed by atoms with Gasteiger partial charge in [-0.05, 0) is 7.05 Å². The van der Waals surface area contributed by atoms with Crippen LogP contribution in [0.2, 0.25) is 0 Å². The zero-order chi connectivity index (χ0) is 13.7. The van der Waals surface area contributed by atoms with Crippen LogP contribution in [0.5, 0.6) is 0 Å². The Balaban J connectivity index is 2.36. The number of hydrogen-bond acceptors (Lipinski definition) is 4. The number of carbonyl (C=O) groups excluding carboxylic acids is 2. The van der Waals surface area contributed by atoms with Crippen LogP contribution < -0.4 is 0 Å². The molecular formula is C11H19N3O4. The minimum Gasteiger partial charge on any atom is -0.480 e. The highest BCUT2D eigenvalue weighted by molar-refractivity contribution is 5.80. The normalized spacial score (nSPS) is 15.9. The van der Waals surface area contributed by atoms with E-state index in [1.807, 2.05) is 0 Å². The molecule has 18 heavy (non-hydrogen) atoms. The highest BCUT2D eigenvalue weighted by atomic mass is 16.4. The Labute approximate surface area is 106 Å². The second-order valence-corrected chi connectivity index (χ2v) is 4.45. The Morgan fingerprint density at radius 1 is 1.06 bits per heavy atom. The number of carboxylic acids is 1. The molecule has 0 saturated carbocycles. The van der Waals surface area contributed by atoms with E-state index in [4.69, 9.17) is 5.11 Å². The monoisotopic (exact) mass is 257 g/mol. The summed E-state index contributed by atoms with van der Waals surface area (Å²) in [6.07, 6.45) is 0. The highest BCUT2D eigenvalue weighted by Gasteiger charge is 2.23. The fraction of sp³-hybridized carbons (Fsp3) is 0.727. The lowest BCUT2D eigenvalue weighted by atomic mass is 10.3. The summed E-state index contributed by atoms with van der Waals surface area (Å²) in [7, 11) is 1.60. The zero-order valence-electron chi connectivity index (χ0n) is 10.8. The maximum Gasteiger partial charge on any atom is 0.317 e. The van der Waals surface area contributed by atoms with Crippen LogP contribution in [0.25, 0.3) is 0 Å². The van der Waals surface area contributed by atoms with Gasteiger partial charge in [0.15, 0.2) is 0 Å². The van der Waals surface area contributed by atoms with Crippen LogP contribution in [-0.4, -0.2) is 83.9 Å². The first-order chi connectivity index (χ1) is 8.40. The summed E-state index contributed by atoms with van der Waals surface area (Å²) in [6, 6.07) is 0. The molecule has 1 rings (SSSR count). The van der Waals surface area contributed by atoms with Crippen LogP contribution in [-0.2, 0) is 14.4 Å². The molecule has 0 aliphatic carbocycles. The van der Waals surface area contributed by atoms with Gasteiger partial charge < -0.3 is 14.9 Å². The maximum absolute atomic E-state index is 11.9. The lowest BCUT2D eigenvalue weighted by molar-refractivity contribution is -0.141. The summed E-state index contributed by atoms with van der Waals surface area (Å²) >= 11 is 0. The molecule has 0 radical (unpaired) electrons. The molecule has 0 unspecified atom stereocenters. The van der Waals surface area contributed by atoms with Gasteiger partial charge in [0.25, 0.3) is 0 Å². The van der Waals surface area contributed by atoms with Gasteiger partial charge in [0.1, 0.15) is 0 Å². The predicted molar refractivity (Wildman–Crippen MR) is 64.0 cm³/mol. The van der Waals surface area contributed by atoms with Gasteiger partial charge in [0.2, 0.25) is 11.8 Å². The largest absolute Gasteiger partial charge is 0.480 e. The van der Waals surface area contributed by atoms with Gasteiger partial charge in [-0.2, -0.15) is 0 Å². The number of hydrogen-bond donors (Lipinski definition) is 1. The Morgan fingerprint density at radius 2 is 1.56 bits per heavy atom. The van der Waals surface area contributed by atoms with Crippen molar-refractivity contribution in [1.82, 2.24) is 14.7 Å². The number of likely N-dealkylation sites (N-methyl/N-ethyl adjacent to an activating group) is 1. The maximum atomic E-state index is 11.9. The lowest BCUT2D eigenvalue weighted by Crippen LogP contribution is -2.52. The van der Waals surface area contributed by atoms with Gasteiger partial charge in [0, 0.05) is 33.1 Å². The molecule has 7 heteroatoms. The molecule has 1 aliphatic heterocycles. The topological polar surface area (TPSA) is 81.2 Å². The Bertz CT molecular complexity index is 337. The van der Waals surface area contributed by atoms with E-state index >= 15 is 0 Å². The van der Waals surface area contributed by atoms with E-state index in [0.717, 1.165) is 0 Å². The molecule has 7 nitrogen and oxygen atoms in total. The van der Waals surface area contributed by atoms with Crippen LogP contribution in [0.4, 0.5) is 0 Å². The summed E-state index contributed by atoms with van der Waals surface area (Å²) in [5.41, 5.74) is 0. The minimum atomic E-state index is -0.952. The molecule has 0 spiro atoms. The first kappa shape index (κ1) is 14.4. The van der Waals surface area contributed by atoms with Crippen molar-refractivity contribution in [2.75, 3.05) is 46.3 Å². The lowest BCUT2D eigenvalue weighted by Gasteiger charge is -2.34. The van der Waals surface area contributed by atoms with Crippen molar-refractivity contribution < 1.29 is 19.5 Å². The first-order valence-corrected chi connectivity index (χ1v) is 5.83. The van der Waals surface area contributed by atoms with E-state index in [9.17, 15) is 14.4 Å². The molecule has 2 amide bonds. The van der Waals surface area contributed by atoms with Crippen molar-refractivity contribution in [3.8, 4) is 0 Å². The van der Waals surface area contributed by atoms with Gasteiger partial charge in [-0.1, -0.05) is 0 Å². The molecular weight excluding hydrogens is 238 g/mol. The van der Waals surface area contributed by atoms with Gasteiger partial charge in [-0.25, -0.2) is 0 Å². The fourth-order valence-electron chi connectivity index (χ4n) is 1.89. The number of piperazine rings is 1. The van der Waals surface area contributed by atoms with E-state index in [2.05, 4.69) is 0 Å². The van der Waals surface area contributed by atoms with E-state index < -0.39 is 5.97 Å². The third-order valence-electron chi connectivity index (χ3n) is 2.89. The smallest absolute Gasteiger partial charge is 0.317 e. The average Bonchev–Trinajstić information content (AvgIpc) is 2.27. The van der Waals surface area contributed by atoms with E-state index in [0.29, 0.717) is 26.2 Å². The summed E-state index contributed by atoms with van der Waals surface area (Å²) in [5.74, 6) is -1.03. The van der Waals surface area contributed by atoms with Crippen LogP contribution in [0, 0.1) is 0 Å². The second kappa shape index (κ2) is 6.34. The van der Waals surface area contributed by atoms with Crippen molar-refractivity contribution in [3.63, 3.8) is 0 Å². The van der Waals surface area contributed by atoms with Crippen LogP contribution >= 0.6 is 0 Å². The molecule has 1 fully saturated rings. The summed E-state index contributed by atoms with van der Waals surface area (Å²) in [6.45, 7) is 3.57. The Hall–Kier alpha value is -1.63. The third kappa shape index (κ3) is 4.33. The number of aliphatic carboxylic acids is 1. The van der Waals surface area contributed by atoms with E-state index in [1.165, 1.54) is 11.8 Å². The molecule has 0 aromatic heterocycles. The number of amides is 2. The molecule has 0 aromatic carbocycles. The Morgan fingerprint density at radius 3 is 2.00 bits per heavy atom.